The summed E-state index contributed by atoms with van der Waals surface area (Å²) < 4.78 is 5.69. The van der Waals surface area contributed by atoms with Crippen LogP contribution in [0, 0.1) is 5.92 Å². The summed E-state index contributed by atoms with van der Waals surface area (Å²) in [5.74, 6) is 2.06. The second-order valence-corrected chi connectivity index (χ2v) is 9.52. The van der Waals surface area contributed by atoms with E-state index in [1.807, 2.05) is 36.8 Å². The van der Waals surface area contributed by atoms with Crippen molar-refractivity contribution in [1.82, 2.24) is 15.0 Å². The Balaban J connectivity index is 1.54. The summed E-state index contributed by atoms with van der Waals surface area (Å²) in [7, 11) is 0. The maximum Gasteiger partial charge on any atom is 0.133 e. The van der Waals surface area contributed by atoms with E-state index in [4.69, 9.17) is 20.1 Å². The van der Waals surface area contributed by atoms with E-state index in [9.17, 15) is 0 Å². The van der Waals surface area contributed by atoms with Crippen LogP contribution in [0.5, 0.6) is 0 Å². The monoisotopic (exact) mass is 477 g/mol. The van der Waals surface area contributed by atoms with E-state index >= 15 is 0 Å². The third-order valence-corrected chi connectivity index (χ3v) is 7.40. The number of aromatic amines is 1. The topological polar surface area (TPSA) is 84.0 Å². The van der Waals surface area contributed by atoms with Gasteiger partial charge >= 0.3 is 0 Å². The highest BCUT2D eigenvalue weighted by Crippen LogP contribution is 2.46. The van der Waals surface area contributed by atoms with Gasteiger partial charge in [0.05, 0.1) is 24.0 Å². The summed E-state index contributed by atoms with van der Waals surface area (Å²) in [4.78, 5) is 15.7. The Morgan fingerprint density at radius 1 is 1.11 bits per heavy atom. The number of nitrogens with two attached hydrogens (primary N) is 1. The minimum Gasteiger partial charge on any atom is -0.464 e. The average molecular weight is 478 g/mol. The summed E-state index contributed by atoms with van der Waals surface area (Å²) >= 11 is 0. The molecule has 3 aromatic heterocycles. The number of imidazole rings is 1. The molecule has 0 aliphatic heterocycles. The molecule has 0 bridgehead atoms. The van der Waals surface area contributed by atoms with Crippen molar-refractivity contribution in [2.75, 3.05) is 4.90 Å². The highest BCUT2D eigenvalue weighted by molar-refractivity contribution is 5.67. The first-order chi connectivity index (χ1) is 17.8. The molecule has 6 nitrogen and oxygen atoms in total. The Morgan fingerprint density at radius 3 is 2.86 bits per heavy atom. The van der Waals surface area contributed by atoms with Crippen LogP contribution in [0.3, 0.4) is 0 Å². The maximum atomic E-state index is 6.41. The third-order valence-electron chi connectivity index (χ3n) is 7.40. The second kappa shape index (κ2) is 9.99. The number of furan rings is 1. The molecule has 0 radical (unpaired) electrons. The van der Waals surface area contributed by atoms with E-state index in [1.54, 1.807) is 6.26 Å². The lowest BCUT2D eigenvalue weighted by Gasteiger charge is -2.44. The van der Waals surface area contributed by atoms with Gasteiger partial charge in [0.1, 0.15) is 11.6 Å². The third kappa shape index (κ3) is 4.18. The summed E-state index contributed by atoms with van der Waals surface area (Å²) in [5.41, 5.74) is 12.1. The number of nitrogens with one attached hydrogen (secondary N) is 1. The number of hydrogen-bond acceptors (Lipinski definition) is 5. The molecule has 3 atom stereocenters. The van der Waals surface area contributed by atoms with Gasteiger partial charge in [-0.2, -0.15) is 0 Å². The number of hydrogen-bond donors (Lipinski definition) is 2. The van der Waals surface area contributed by atoms with Gasteiger partial charge in [-0.1, -0.05) is 30.4 Å². The van der Waals surface area contributed by atoms with Gasteiger partial charge in [-0.3, -0.25) is 4.98 Å². The molecule has 6 rings (SSSR count). The largest absolute Gasteiger partial charge is 0.464 e. The lowest BCUT2D eigenvalue weighted by Crippen LogP contribution is -2.40. The van der Waals surface area contributed by atoms with Crippen LogP contribution < -0.4 is 10.6 Å². The molecule has 3 heterocycles. The van der Waals surface area contributed by atoms with Crippen molar-refractivity contribution in [3.05, 3.63) is 114 Å². The number of allylic oxidation sites excluding steroid dienone is 3. The van der Waals surface area contributed by atoms with Gasteiger partial charge in [0.15, 0.2) is 0 Å². The Bertz CT molecular complexity index is 1360. The number of rotatable bonds is 7. The molecule has 2 aliphatic carbocycles. The smallest absolute Gasteiger partial charge is 0.133 e. The van der Waals surface area contributed by atoms with Crippen molar-refractivity contribution in [3.8, 4) is 11.3 Å². The molecule has 2 aliphatic rings. The first kappa shape index (κ1) is 22.6. The van der Waals surface area contributed by atoms with Gasteiger partial charge in [-0.05, 0) is 73.2 Å². The zero-order chi connectivity index (χ0) is 24.3. The highest BCUT2D eigenvalue weighted by Gasteiger charge is 2.38. The molecule has 0 saturated carbocycles. The van der Waals surface area contributed by atoms with Crippen LogP contribution in [-0.4, -0.2) is 15.0 Å². The molecule has 0 fully saturated rings. The zero-order valence-electron chi connectivity index (χ0n) is 20.3. The fraction of sp³-hybridized carbons (Fsp3) is 0.267. The Morgan fingerprint density at radius 2 is 2.08 bits per heavy atom. The summed E-state index contributed by atoms with van der Waals surface area (Å²) in [5, 5.41) is 0. The number of aromatic nitrogens is 3. The number of anilines is 1. The van der Waals surface area contributed by atoms with Gasteiger partial charge in [-0.15, -0.1) is 0 Å². The molecule has 3 N–H and O–H groups in total. The van der Waals surface area contributed by atoms with Crippen molar-refractivity contribution in [1.29, 1.82) is 0 Å². The molecule has 0 saturated heterocycles. The van der Waals surface area contributed by atoms with Crippen molar-refractivity contribution in [2.45, 2.75) is 44.3 Å². The molecule has 0 amide bonds. The number of aryl methyl sites for hydroxylation is 1. The highest BCUT2D eigenvalue weighted by atomic mass is 16.3. The predicted molar refractivity (Wildman–Crippen MR) is 142 cm³/mol. The fourth-order valence-electron chi connectivity index (χ4n) is 5.78. The van der Waals surface area contributed by atoms with Crippen LogP contribution in [0.25, 0.3) is 11.3 Å². The van der Waals surface area contributed by atoms with Crippen LogP contribution in [0.15, 0.2) is 96.0 Å². The van der Waals surface area contributed by atoms with Gasteiger partial charge in [-0.25, -0.2) is 4.98 Å². The minimum absolute atomic E-state index is 0.00100. The normalized spacial score (nSPS) is 19.7. The van der Waals surface area contributed by atoms with Gasteiger partial charge in [0, 0.05) is 42.3 Å². The second-order valence-electron chi connectivity index (χ2n) is 9.52. The van der Waals surface area contributed by atoms with E-state index in [2.05, 4.69) is 58.5 Å². The van der Waals surface area contributed by atoms with Crippen LogP contribution in [0.2, 0.25) is 0 Å². The number of nitrogens with zero attached hydrogens (tertiary/aromatic N) is 3. The summed E-state index contributed by atoms with van der Waals surface area (Å²) in [6.07, 6.45) is 20.4. The average Bonchev–Trinajstić information content (AvgIpc) is 3.67. The maximum absolute atomic E-state index is 6.41. The van der Waals surface area contributed by atoms with Crippen molar-refractivity contribution < 1.29 is 4.42 Å². The molecule has 4 aromatic rings. The first-order valence-corrected chi connectivity index (χ1v) is 12.7. The summed E-state index contributed by atoms with van der Waals surface area (Å²) in [6, 6.07) is 14.8. The molecule has 6 heteroatoms. The summed E-state index contributed by atoms with van der Waals surface area (Å²) in [6.45, 7) is 0.424. The van der Waals surface area contributed by atoms with Gasteiger partial charge in [0.2, 0.25) is 0 Å². The molecular weight excluding hydrogens is 446 g/mol. The van der Waals surface area contributed by atoms with Gasteiger partial charge in [0.25, 0.3) is 0 Å². The molecule has 3 unspecified atom stereocenters. The molecule has 0 spiro atoms. The van der Waals surface area contributed by atoms with E-state index in [0.717, 1.165) is 59.8 Å². The van der Waals surface area contributed by atoms with E-state index in [0.29, 0.717) is 6.54 Å². The quantitative estimate of drug-likeness (QED) is 0.327. The standard InChI is InChI=1S/C30H31N5O/c31-20-24-19-23(27-12-6-18-36-27)13-14-25(24)35(26-11-4-9-21-10-5-15-32-28(21)26)29(30-33-16-17-34-30)22-7-2-1-3-8-22/h1-3,5-7,10,12-19,22,26,29H,4,8-9,11,20,31H2,(H,33,34). The molecule has 1 aromatic carbocycles. The Labute approximate surface area is 211 Å². The number of fused-ring (bicyclic) bond motifs is 1. The SMILES string of the molecule is NCc1cc(-c2ccco2)ccc1N(C1CCCc2cccnc21)C(c1ncc[nH]1)C1C=CC=CC1. The molecule has 182 valence electrons. The Kier molecular flexibility index (Phi) is 6.26. The van der Waals surface area contributed by atoms with Crippen LogP contribution >= 0.6 is 0 Å². The van der Waals surface area contributed by atoms with E-state index in [-0.39, 0.29) is 18.0 Å². The minimum atomic E-state index is -0.00100. The number of benzene rings is 1. The van der Waals surface area contributed by atoms with Crippen molar-refractivity contribution >= 4 is 5.69 Å². The van der Waals surface area contributed by atoms with Crippen LogP contribution in [0.1, 0.15) is 54.0 Å². The first-order valence-electron chi connectivity index (χ1n) is 12.7. The predicted octanol–water partition coefficient (Wildman–Crippen LogP) is 6.28. The van der Waals surface area contributed by atoms with Gasteiger partial charge < -0.3 is 20.0 Å². The lowest BCUT2D eigenvalue weighted by molar-refractivity contribution is 0.390. The van der Waals surface area contributed by atoms with E-state index in [1.165, 1.54) is 5.56 Å². The zero-order valence-corrected chi connectivity index (χ0v) is 20.3. The van der Waals surface area contributed by atoms with Crippen molar-refractivity contribution in [3.63, 3.8) is 0 Å². The number of H-pyrrole nitrogens is 1. The van der Waals surface area contributed by atoms with Crippen molar-refractivity contribution in [2.24, 2.45) is 11.7 Å². The molecular formula is C30H31N5O. The van der Waals surface area contributed by atoms with E-state index < -0.39 is 0 Å². The Hall–Kier alpha value is -3.90. The van der Waals surface area contributed by atoms with Crippen LogP contribution in [0.4, 0.5) is 5.69 Å². The lowest BCUT2D eigenvalue weighted by atomic mass is 9.84. The van der Waals surface area contributed by atoms with Crippen LogP contribution in [-0.2, 0) is 13.0 Å². The number of pyridine rings is 1. The fourth-order valence-corrected chi connectivity index (χ4v) is 5.78. The molecule has 36 heavy (non-hydrogen) atoms.